The summed E-state index contributed by atoms with van der Waals surface area (Å²) in [6.07, 6.45) is 2.09. The lowest BCUT2D eigenvalue weighted by atomic mass is 9.97. The Morgan fingerprint density at radius 2 is 1.71 bits per heavy atom. The van der Waals surface area contributed by atoms with E-state index in [4.69, 9.17) is 13.9 Å². The fourth-order valence-electron chi connectivity index (χ4n) is 3.67. The van der Waals surface area contributed by atoms with Gasteiger partial charge < -0.3 is 18.6 Å². The van der Waals surface area contributed by atoms with Crippen LogP contribution >= 0.6 is 22.6 Å². The molecule has 0 radical (unpaired) electrons. The highest BCUT2D eigenvalue weighted by Crippen LogP contribution is 2.29. The molecule has 0 N–H and O–H groups in total. The van der Waals surface area contributed by atoms with E-state index in [1.54, 1.807) is 6.07 Å². The van der Waals surface area contributed by atoms with Crippen molar-refractivity contribution in [2.45, 2.75) is 13.8 Å². The first-order valence-electron chi connectivity index (χ1n) is 10.8. The third kappa shape index (κ3) is 5.80. The predicted octanol–water partition coefficient (Wildman–Crippen LogP) is 6.72. The number of rotatable bonds is 8. The molecule has 0 saturated carbocycles. The average molecular weight is 568 g/mol. The average Bonchev–Trinajstić information content (AvgIpc) is 3.21. The molecule has 1 heterocycles. The number of fused-ring (bicyclic) bond motifs is 1. The Hall–Kier alpha value is -3.26. The van der Waals surface area contributed by atoms with Crippen LogP contribution in [0.1, 0.15) is 22.5 Å². The molecule has 0 aliphatic rings. The minimum atomic E-state index is -0.420. The van der Waals surface area contributed by atoms with E-state index >= 15 is 0 Å². The summed E-state index contributed by atoms with van der Waals surface area (Å²) in [4.78, 5) is 11.3. The molecule has 174 valence electrons. The van der Waals surface area contributed by atoms with Crippen LogP contribution in [-0.2, 0) is 9.53 Å². The van der Waals surface area contributed by atoms with Crippen molar-refractivity contribution in [2.75, 3.05) is 20.3 Å². The summed E-state index contributed by atoms with van der Waals surface area (Å²) in [5.74, 6) is 1.82. The molecule has 0 atom stereocenters. The van der Waals surface area contributed by atoms with E-state index in [1.165, 1.54) is 10.7 Å². The minimum Gasteiger partial charge on any atom is -0.489 e. The highest BCUT2D eigenvalue weighted by molar-refractivity contribution is 14.1. The van der Waals surface area contributed by atoms with Gasteiger partial charge >= 0.3 is 5.97 Å². The Morgan fingerprint density at radius 1 is 0.941 bits per heavy atom. The number of hydrogen-bond acceptors (Lipinski definition) is 5. The van der Waals surface area contributed by atoms with Crippen molar-refractivity contribution < 1.29 is 23.4 Å². The SMILES string of the molecule is COC(=O)COc1ccc(OCC=C(c2ccc(I)cc2)c2ccc3oc(C)cc3c2)cc1C. The lowest BCUT2D eigenvalue weighted by Gasteiger charge is -2.12. The number of aryl methyl sites for hydroxylation is 2. The lowest BCUT2D eigenvalue weighted by Crippen LogP contribution is -2.13. The molecule has 0 fully saturated rings. The summed E-state index contributed by atoms with van der Waals surface area (Å²) in [5, 5.41) is 1.07. The number of benzene rings is 3. The molecule has 0 bridgehead atoms. The zero-order valence-electron chi connectivity index (χ0n) is 19.3. The van der Waals surface area contributed by atoms with E-state index in [2.05, 4.69) is 69.8 Å². The third-order valence-corrected chi connectivity index (χ3v) is 6.08. The summed E-state index contributed by atoms with van der Waals surface area (Å²) >= 11 is 2.31. The normalized spacial score (nSPS) is 11.5. The van der Waals surface area contributed by atoms with E-state index in [-0.39, 0.29) is 6.61 Å². The molecule has 3 aromatic carbocycles. The van der Waals surface area contributed by atoms with Gasteiger partial charge in [0.2, 0.25) is 0 Å². The molecule has 4 aromatic rings. The van der Waals surface area contributed by atoms with Gasteiger partial charge in [0.25, 0.3) is 0 Å². The number of ether oxygens (including phenoxy) is 3. The lowest BCUT2D eigenvalue weighted by molar-refractivity contribution is -0.142. The number of hydrogen-bond donors (Lipinski definition) is 0. The molecule has 0 saturated heterocycles. The Bertz CT molecular complexity index is 1330. The van der Waals surface area contributed by atoms with Gasteiger partial charge in [-0.1, -0.05) is 18.2 Å². The van der Waals surface area contributed by atoms with Gasteiger partial charge in [-0.2, -0.15) is 0 Å². The molecular formula is C28H25IO5. The van der Waals surface area contributed by atoms with E-state index in [1.807, 2.05) is 38.1 Å². The number of methoxy groups -OCH3 is 1. The van der Waals surface area contributed by atoms with E-state index < -0.39 is 5.97 Å². The molecular weight excluding hydrogens is 543 g/mol. The Kier molecular flexibility index (Phi) is 7.57. The quantitative estimate of drug-likeness (QED) is 0.175. The standard InChI is InChI=1S/C28H25IO5/c1-18-14-24(9-11-26(18)33-17-28(30)31-3)32-13-12-25(20-4-7-23(29)8-5-20)21-6-10-27-22(16-21)15-19(2)34-27/h4-12,14-16H,13,17H2,1-3H3. The fourth-order valence-corrected chi connectivity index (χ4v) is 4.03. The van der Waals surface area contributed by atoms with Crippen molar-refractivity contribution in [3.8, 4) is 11.5 Å². The summed E-state index contributed by atoms with van der Waals surface area (Å²) in [7, 11) is 1.34. The largest absolute Gasteiger partial charge is 0.489 e. The van der Waals surface area contributed by atoms with Crippen LogP contribution in [0, 0.1) is 17.4 Å². The maximum atomic E-state index is 11.3. The van der Waals surface area contributed by atoms with Crippen molar-refractivity contribution in [1.82, 2.24) is 0 Å². The molecule has 0 spiro atoms. The first-order chi connectivity index (χ1) is 16.4. The van der Waals surface area contributed by atoms with Crippen molar-refractivity contribution in [2.24, 2.45) is 0 Å². The number of carbonyl (C=O) groups excluding carboxylic acids is 1. The predicted molar refractivity (Wildman–Crippen MR) is 141 cm³/mol. The van der Waals surface area contributed by atoms with Crippen LogP contribution in [0.5, 0.6) is 11.5 Å². The van der Waals surface area contributed by atoms with Gasteiger partial charge in [-0.15, -0.1) is 0 Å². The molecule has 34 heavy (non-hydrogen) atoms. The van der Waals surface area contributed by atoms with Crippen LogP contribution in [0.4, 0.5) is 0 Å². The fraction of sp³-hybridized carbons (Fsp3) is 0.179. The Balaban J connectivity index is 1.55. The molecule has 0 aliphatic heterocycles. The molecule has 4 rings (SSSR count). The maximum Gasteiger partial charge on any atom is 0.343 e. The van der Waals surface area contributed by atoms with E-state index in [0.717, 1.165) is 44.7 Å². The first-order valence-corrected chi connectivity index (χ1v) is 11.9. The van der Waals surface area contributed by atoms with E-state index in [9.17, 15) is 4.79 Å². The molecule has 5 nitrogen and oxygen atoms in total. The Morgan fingerprint density at radius 3 is 2.44 bits per heavy atom. The van der Waals surface area contributed by atoms with Crippen LogP contribution in [0.3, 0.4) is 0 Å². The highest BCUT2D eigenvalue weighted by atomic mass is 127. The van der Waals surface area contributed by atoms with Crippen LogP contribution in [0.2, 0.25) is 0 Å². The van der Waals surface area contributed by atoms with Crippen LogP contribution in [0.25, 0.3) is 16.5 Å². The topological polar surface area (TPSA) is 57.9 Å². The minimum absolute atomic E-state index is 0.125. The smallest absolute Gasteiger partial charge is 0.343 e. The van der Waals surface area contributed by atoms with Crippen LogP contribution in [-0.4, -0.2) is 26.3 Å². The zero-order chi connectivity index (χ0) is 24.1. The van der Waals surface area contributed by atoms with E-state index in [0.29, 0.717) is 12.4 Å². The second-order valence-corrected chi connectivity index (χ2v) is 9.08. The summed E-state index contributed by atoms with van der Waals surface area (Å²) < 4.78 is 23.1. The second kappa shape index (κ2) is 10.8. The molecule has 6 heteroatoms. The second-order valence-electron chi connectivity index (χ2n) is 7.84. The number of halogens is 1. The summed E-state index contributed by atoms with van der Waals surface area (Å²) in [6.45, 7) is 4.14. The first kappa shape index (κ1) is 23.9. The molecule has 0 unspecified atom stereocenters. The van der Waals surface area contributed by atoms with Gasteiger partial charge in [0.1, 0.15) is 29.4 Å². The molecule has 1 aromatic heterocycles. The number of furan rings is 1. The maximum absolute atomic E-state index is 11.3. The monoisotopic (exact) mass is 568 g/mol. The zero-order valence-corrected chi connectivity index (χ0v) is 21.4. The van der Waals surface area contributed by atoms with Crippen molar-refractivity contribution in [1.29, 1.82) is 0 Å². The van der Waals surface area contributed by atoms with Gasteiger partial charge in [0.05, 0.1) is 7.11 Å². The van der Waals surface area contributed by atoms with Crippen molar-refractivity contribution >= 4 is 45.1 Å². The highest BCUT2D eigenvalue weighted by Gasteiger charge is 2.10. The molecule has 0 amide bonds. The Labute approximate surface area is 212 Å². The summed E-state index contributed by atoms with van der Waals surface area (Å²) in [6, 6.07) is 22.2. The van der Waals surface area contributed by atoms with Crippen molar-refractivity contribution in [3.63, 3.8) is 0 Å². The van der Waals surface area contributed by atoms with Gasteiger partial charge in [-0.25, -0.2) is 4.79 Å². The van der Waals surface area contributed by atoms with Crippen LogP contribution in [0.15, 0.2) is 77.2 Å². The van der Waals surface area contributed by atoms with Crippen molar-refractivity contribution in [3.05, 3.63) is 98.8 Å². The molecule has 0 aliphatic carbocycles. The summed E-state index contributed by atoms with van der Waals surface area (Å²) in [5.41, 5.74) is 5.06. The van der Waals surface area contributed by atoms with Gasteiger partial charge in [0.15, 0.2) is 6.61 Å². The van der Waals surface area contributed by atoms with Gasteiger partial charge in [-0.05, 0) is 113 Å². The number of carbonyl (C=O) groups is 1. The van der Waals surface area contributed by atoms with Gasteiger partial charge in [-0.3, -0.25) is 0 Å². The third-order valence-electron chi connectivity index (χ3n) is 5.36. The van der Waals surface area contributed by atoms with Crippen LogP contribution < -0.4 is 9.47 Å². The number of esters is 1. The van der Waals surface area contributed by atoms with Gasteiger partial charge in [0, 0.05) is 8.96 Å².